The first-order valence-electron chi connectivity index (χ1n) is 7.37. The zero-order valence-corrected chi connectivity index (χ0v) is 12.8. The Morgan fingerprint density at radius 3 is 2.67 bits per heavy atom. The van der Waals surface area contributed by atoms with E-state index in [0.717, 1.165) is 0 Å². The van der Waals surface area contributed by atoms with Gasteiger partial charge in [-0.2, -0.15) is 0 Å². The molecular weight excluding hydrogens is 302 g/mol. The number of hydrogen-bond acceptors (Lipinski definition) is 4. The number of nitrogens with zero attached hydrogens (tertiary/aromatic N) is 2. The van der Waals surface area contributed by atoms with Gasteiger partial charge >= 0.3 is 0 Å². The molecule has 0 bridgehead atoms. The van der Waals surface area contributed by atoms with Crippen molar-refractivity contribution >= 4 is 23.6 Å². The van der Waals surface area contributed by atoms with Crippen LogP contribution in [0.5, 0.6) is 5.75 Å². The van der Waals surface area contributed by atoms with Crippen molar-refractivity contribution in [3.05, 3.63) is 84.1 Å². The van der Waals surface area contributed by atoms with Crippen molar-refractivity contribution in [2.45, 2.75) is 0 Å². The van der Waals surface area contributed by atoms with Gasteiger partial charge in [0.15, 0.2) is 0 Å². The number of rotatable bonds is 4. The van der Waals surface area contributed by atoms with E-state index in [9.17, 15) is 9.90 Å². The molecule has 0 radical (unpaired) electrons. The van der Waals surface area contributed by atoms with Crippen LogP contribution in [-0.2, 0) is 0 Å². The molecule has 0 unspecified atom stereocenters. The maximum absolute atomic E-state index is 12.3. The van der Waals surface area contributed by atoms with Crippen LogP contribution in [0.15, 0.2) is 77.9 Å². The fourth-order valence-electron chi connectivity index (χ4n) is 2.09. The molecular formula is C19H15N3O2. The average Bonchev–Trinajstić information content (AvgIpc) is 2.62. The molecule has 0 aliphatic rings. The fraction of sp³-hybridized carbons (Fsp3) is 0. The molecule has 0 spiro atoms. The second-order valence-electron chi connectivity index (χ2n) is 5.04. The van der Waals surface area contributed by atoms with E-state index < -0.39 is 0 Å². The molecule has 118 valence electrons. The van der Waals surface area contributed by atoms with Crippen molar-refractivity contribution in [3.8, 4) is 5.75 Å². The van der Waals surface area contributed by atoms with Crippen molar-refractivity contribution in [1.82, 2.24) is 4.98 Å². The number of carbonyl (C=O) groups is 1. The predicted molar refractivity (Wildman–Crippen MR) is 94.0 cm³/mol. The summed E-state index contributed by atoms with van der Waals surface area (Å²) in [7, 11) is 0. The number of carbonyl (C=O) groups excluding carboxylic acids is 1. The largest absolute Gasteiger partial charge is 0.507 e. The Kier molecular flexibility index (Phi) is 4.62. The van der Waals surface area contributed by atoms with Gasteiger partial charge in [-0.1, -0.05) is 24.3 Å². The lowest BCUT2D eigenvalue weighted by Gasteiger charge is -2.04. The Morgan fingerprint density at radius 1 is 1.04 bits per heavy atom. The van der Waals surface area contributed by atoms with Gasteiger partial charge in [0.2, 0.25) is 0 Å². The number of amides is 1. The van der Waals surface area contributed by atoms with Crippen LogP contribution in [0.4, 0.5) is 11.5 Å². The number of phenolic OH excluding ortho intramolecular Hbond substituents is 1. The quantitative estimate of drug-likeness (QED) is 0.719. The topological polar surface area (TPSA) is 74.6 Å². The van der Waals surface area contributed by atoms with Crippen LogP contribution >= 0.6 is 0 Å². The SMILES string of the molecule is O=C(Nc1ccccn1)c1cccc(N=Cc2ccccc2O)c1. The van der Waals surface area contributed by atoms with Crippen LogP contribution in [-0.4, -0.2) is 22.2 Å². The molecule has 2 aromatic carbocycles. The summed E-state index contributed by atoms with van der Waals surface area (Å²) >= 11 is 0. The van der Waals surface area contributed by atoms with Crippen LogP contribution in [0.25, 0.3) is 0 Å². The zero-order chi connectivity index (χ0) is 16.8. The molecule has 3 aromatic rings. The lowest BCUT2D eigenvalue weighted by Crippen LogP contribution is -2.12. The van der Waals surface area contributed by atoms with Crippen molar-refractivity contribution in [2.75, 3.05) is 5.32 Å². The summed E-state index contributed by atoms with van der Waals surface area (Å²) in [6.07, 6.45) is 3.17. The number of pyridine rings is 1. The lowest BCUT2D eigenvalue weighted by molar-refractivity contribution is 0.102. The highest BCUT2D eigenvalue weighted by Gasteiger charge is 2.07. The second-order valence-corrected chi connectivity index (χ2v) is 5.04. The second kappa shape index (κ2) is 7.19. The predicted octanol–water partition coefficient (Wildman–Crippen LogP) is 3.79. The number of phenols is 1. The maximum Gasteiger partial charge on any atom is 0.256 e. The zero-order valence-electron chi connectivity index (χ0n) is 12.8. The standard InChI is InChI=1S/C19H15N3O2/c23-17-9-2-1-6-15(17)13-21-16-8-5-7-14(12-16)19(24)22-18-10-3-4-11-20-18/h1-13,23H,(H,20,22,24). The normalized spacial score (nSPS) is 10.7. The molecule has 0 saturated carbocycles. The van der Waals surface area contributed by atoms with Gasteiger partial charge in [-0.25, -0.2) is 4.98 Å². The Bertz CT molecular complexity index is 877. The molecule has 24 heavy (non-hydrogen) atoms. The average molecular weight is 317 g/mol. The summed E-state index contributed by atoms with van der Waals surface area (Å²) < 4.78 is 0. The molecule has 3 rings (SSSR count). The van der Waals surface area contributed by atoms with Gasteiger partial charge in [-0.05, 0) is 42.5 Å². The van der Waals surface area contributed by atoms with Crippen molar-refractivity contribution < 1.29 is 9.90 Å². The van der Waals surface area contributed by atoms with Gasteiger partial charge in [0, 0.05) is 23.5 Å². The molecule has 0 fully saturated rings. The Labute approximate surface area is 139 Å². The Balaban J connectivity index is 1.77. The number of nitrogens with one attached hydrogen (secondary N) is 1. The van der Waals surface area contributed by atoms with Gasteiger partial charge in [0.25, 0.3) is 5.91 Å². The maximum atomic E-state index is 12.3. The summed E-state index contributed by atoms with van der Waals surface area (Å²) in [6, 6.07) is 19.1. The number of aliphatic imine (C=N–C) groups is 1. The molecule has 1 heterocycles. The van der Waals surface area contributed by atoms with E-state index in [1.54, 1.807) is 73.1 Å². The number of para-hydroxylation sites is 1. The number of anilines is 1. The first-order chi connectivity index (χ1) is 11.7. The van der Waals surface area contributed by atoms with E-state index in [1.807, 2.05) is 6.07 Å². The van der Waals surface area contributed by atoms with Crippen LogP contribution in [0.2, 0.25) is 0 Å². The number of aromatic hydroxyl groups is 1. The highest BCUT2D eigenvalue weighted by molar-refractivity contribution is 6.04. The van der Waals surface area contributed by atoms with Crippen molar-refractivity contribution in [1.29, 1.82) is 0 Å². The Hall–Kier alpha value is -3.47. The minimum Gasteiger partial charge on any atom is -0.507 e. The molecule has 1 aromatic heterocycles. The smallest absolute Gasteiger partial charge is 0.256 e. The first kappa shape index (κ1) is 15.4. The van der Waals surface area contributed by atoms with Crippen LogP contribution in [0.1, 0.15) is 15.9 Å². The number of hydrogen-bond donors (Lipinski definition) is 2. The Morgan fingerprint density at radius 2 is 1.88 bits per heavy atom. The lowest BCUT2D eigenvalue weighted by atomic mass is 10.2. The summed E-state index contributed by atoms with van der Waals surface area (Å²) in [5.74, 6) is 0.393. The summed E-state index contributed by atoms with van der Waals surface area (Å²) in [5.41, 5.74) is 1.71. The molecule has 5 nitrogen and oxygen atoms in total. The van der Waals surface area contributed by atoms with Crippen molar-refractivity contribution in [3.63, 3.8) is 0 Å². The number of benzene rings is 2. The third-order valence-corrected chi connectivity index (χ3v) is 3.30. The van der Waals surface area contributed by atoms with E-state index in [0.29, 0.717) is 22.6 Å². The van der Waals surface area contributed by atoms with Crippen LogP contribution < -0.4 is 5.32 Å². The molecule has 0 aliphatic carbocycles. The minimum absolute atomic E-state index is 0.158. The highest BCUT2D eigenvalue weighted by atomic mass is 16.3. The third-order valence-electron chi connectivity index (χ3n) is 3.30. The van der Waals surface area contributed by atoms with E-state index in [2.05, 4.69) is 15.3 Å². The number of aromatic nitrogens is 1. The fourth-order valence-corrected chi connectivity index (χ4v) is 2.09. The third kappa shape index (κ3) is 3.84. The van der Waals surface area contributed by atoms with Gasteiger partial charge in [-0.3, -0.25) is 9.79 Å². The summed E-state index contributed by atoms with van der Waals surface area (Å²) in [4.78, 5) is 20.6. The van der Waals surface area contributed by atoms with E-state index >= 15 is 0 Å². The van der Waals surface area contributed by atoms with E-state index in [4.69, 9.17) is 0 Å². The van der Waals surface area contributed by atoms with Crippen LogP contribution in [0, 0.1) is 0 Å². The summed E-state index contributed by atoms with van der Waals surface area (Å²) in [5, 5.41) is 12.5. The van der Waals surface area contributed by atoms with E-state index in [-0.39, 0.29) is 11.7 Å². The van der Waals surface area contributed by atoms with Gasteiger partial charge in [-0.15, -0.1) is 0 Å². The first-order valence-corrected chi connectivity index (χ1v) is 7.37. The van der Waals surface area contributed by atoms with Gasteiger partial charge in [0.1, 0.15) is 11.6 Å². The molecule has 5 heteroatoms. The van der Waals surface area contributed by atoms with Gasteiger partial charge in [0.05, 0.1) is 5.69 Å². The molecule has 0 saturated heterocycles. The van der Waals surface area contributed by atoms with Crippen LogP contribution in [0.3, 0.4) is 0 Å². The molecule has 0 atom stereocenters. The van der Waals surface area contributed by atoms with Gasteiger partial charge < -0.3 is 10.4 Å². The molecule has 0 aliphatic heterocycles. The molecule has 2 N–H and O–H groups in total. The highest BCUT2D eigenvalue weighted by Crippen LogP contribution is 2.18. The molecule has 1 amide bonds. The minimum atomic E-state index is -0.256. The van der Waals surface area contributed by atoms with Crippen molar-refractivity contribution in [2.24, 2.45) is 4.99 Å². The monoisotopic (exact) mass is 317 g/mol. The van der Waals surface area contributed by atoms with E-state index in [1.165, 1.54) is 0 Å². The summed E-state index contributed by atoms with van der Waals surface area (Å²) in [6.45, 7) is 0.